The Morgan fingerprint density at radius 3 is 2.43 bits per heavy atom. The number of thiazole rings is 1. The Hall–Kier alpha value is -1.85. The second kappa shape index (κ2) is 5.16. The van der Waals surface area contributed by atoms with Crippen LogP contribution < -0.4 is 5.73 Å². The first kappa shape index (κ1) is 14.1. The van der Waals surface area contributed by atoms with Crippen LogP contribution in [0.1, 0.15) is 31.3 Å². The number of hydrogen-bond donors (Lipinski definition) is 1. The van der Waals surface area contributed by atoms with Crippen molar-refractivity contribution in [3.05, 3.63) is 41.2 Å². The van der Waals surface area contributed by atoms with Gasteiger partial charge < -0.3 is 5.73 Å². The summed E-state index contributed by atoms with van der Waals surface area (Å²) in [6.07, 6.45) is 3.41. The lowest BCUT2D eigenvalue weighted by atomic mass is 9.91. The van der Waals surface area contributed by atoms with Gasteiger partial charge in [0.15, 0.2) is 0 Å². The van der Waals surface area contributed by atoms with Crippen LogP contribution in [0, 0.1) is 0 Å². The van der Waals surface area contributed by atoms with Crippen LogP contribution in [0.25, 0.3) is 21.6 Å². The highest BCUT2D eigenvalue weighted by Crippen LogP contribution is 2.34. The molecule has 0 aliphatic carbocycles. The largest absolute Gasteiger partial charge is 0.326 e. The van der Waals surface area contributed by atoms with Crippen LogP contribution in [-0.4, -0.2) is 15.0 Å². The summed E-state index contributed by atoms with van der Waals surface area (Å²) in [5.74, 6) is 0. The highest BCUT2D eigenvalue weighted by atomic mass is 32.1. The minimum Gasteiger partial charge on any atom is -0.326 e. The van der Waals surface area contributed by atoms with E-state index in [9.17, 15) is 0 Å². The van der Waals surface area contributed by atoms with Crippen LogP contribution >= 0.6 is 11.3 Å². The van der Waals surface area contributed by atoms with E-state index in [4.69, 9.17) is 10.7 Å². The molecule has 3 rings (SSSR count). The van der Waals surface area contributed by atoms with Gasteiger partial charge in [-0.05, 0) is 18.2 Å². The summed E-state index contributed by atoms with van der Waals surface area (Å²) in [6.45, 7) is 7.02. The Labute approximate surface area is 128 Å². The summed E-state index contributed by atoms with van der Waals surface area (Å²) in [5.41, 5.74) is 9.81. The standard InChI is InChI=1S/C16H18N4S/c1-16(2,3)14-13(9-17)21-15(20-14)10-4-5-11-12(8-10)19-7-6-18-11/h4-8H,9,17H2,1-3H3. The second-order valence-electron chi connectivity index (χ2n) is 6.00. The zero-order chi connectivity index (χ0) is 15.0. The summed E-state index contributed by atoms with van der Waals surface area (Å²) in [7, 11) is 0. The molecular formula is C16H18N4S. The molecule has 0 atom stereocenters. The van der Waals surface area contributed by atoms with Gasteiger partial charge >= 0.3 is 0 Å². The Balaban J connectivity index is 2.12. The van der Waals surface area contributed by atoms with Crippen molar-refractivity contribution in [2.75, 3.05) is 0 Å². The molecule has 0 aliphatic rings. The number of nitrogens with two attached hydrogens (primary N) is 1. The smallest absolute Gasteiger partial charge is 0.124 e. The predicted octanol–water partition coefficient (Wildman–Crippen LogP) is 3.51. The monoisotopic (exact) mass is 298 g/mol. The minimum absolute atomic E-state index is 0.000106. The van der Waals surface area contributed by atoms with E-state index >= 15 is 0 Å². The first-order chi connectivity index (χ1) is 9.99. The predicted molar refractivity (Wildman–Crippen MR) is 87.2 cm³/mol. The van der Waals surface area contributed by atoms with Gasteiger partial charge in [0.1, 0.15) is 5.01 Å². The molecule has 1 aromatic carbocycles. The van der Waals surface area contributed by atoms with Crippen molar-refractivity contribution >= 4 is 22.4 Å². The molecule has 5 heteroatoms. The summed E-state index contributed by atoms with van der Waals surface area (Å²) in [4.78, 5) is 14.6. The third-order valence-corrected chi connectivity index (χ3v) is 4.44. The summed E-state index contributed by atoms with van der Waals surface area (Å²) < 4.78 is 0. The molecule has 21 heavy (non-hydrogen) atoms. The maximum Gasteiger partial charge on any atom is 0.124 e. The number of rotatable bonds is 2. The number of nitrogens with zero attached hydrogens (tertiary/aromatic N) is 3. The molecule has 0 amide bonds. The van der Waals surface area contributed by atoms with Gasteiger partial charge in [-0.3, -0.25) is 9.97 Å². The molecule has 0 unspecified atom stereocenters. The first-order valence-corrected chi connectivity index (χ1v) is 7.72. The Morgan fingerprint density at radius 1 is 1.10 bits per heavy atom. The van der Waals surface area contributed by atoms with E-state index in [1.807, 2.05) is 18.2 Å². The van der Waals surface area contributed by atoms with Crippen molar-refractivity contribution in [2.24, 2.45) is 5.73 Å². The third kappa shape index (κ3) is 2.66. The van der Waals surface area contributed by atoms with E-state index in [2.05, 4.69) is 30.7 Å². The highest BCUT2D eigenvalue weighted by Gasteiger charge is 2.23. The van der Waals surface area contributed by atoms with Gasteiger partial charge in [-0.2, -0.15) is 0 Å². The van der Waals surface area contributed by atoms with Gasteiger partial charge in [0.25, 0.3) is 0 Å². The lowest BCUT2D eigenvalue weighted by molar-refractivity contribution is 0.567. The van der Waals surface area contributed by atoms with Crippen molar-refractivity contribution < 1.29 is 0 Å². The molecule has 0 radical (unpaired) electrons. The van der Waals surface area contributed by atoms with Crippen molar-refractivity contribution in [1.29, 1.82) is 0 Å². The van der Waals surface area contributed by atoms with E-state index in [-0.39, 0.29) is 5.41 Å². The fraction of sp³-hybridized carbons (Fsp3) is 0.312. The van der Waals surface area contributed by atoms with E-state index < -0.39 is 0 Å². The maximum absolute atomic E-state index is 5.88. The second-order valence-corrected chi connectivity index (χ2v) is 7.09. The molecular weight excluding hydrogens is 280 g/mol. The molecule has 2 aromatic heterocycles. The zero-order valence-corrected chi connectivity index (χ0v) is 13.2. The van der Waals surface area contributed by atoms with Crippen LogP contribution in [0.2, 0.25) is 0 Å². The highest BCUT2D eigenvalue weighted by molar-refractivity contribution is 7.15. The van der Waals surface area contributed by atoms with E-state index in [0.29, 0.717) is 6.54 Å². The lowest BCUT2D eigenvalue weighted by Crippen LogP contribution is -2.15. The van der Waals surface area contributed by atoms with Crippen LogP contribution in [0.4, 0.5) is 0 Å². The van der Waals surface area contributed by atoms with Gasteiger partial charge in [0.05, 0.1) is 16.7 Å². The van der Waals surface area contributed by atoms with E-state index in [0.717, 1.165) is 32.2 Å². The molecule has 108 valence electrons. The van der Waals surface area contributed by atoms with Gasteiger partial charge in [-0.15, -0.1) is 11.3 Å². The Morgan fingerprint density at radius 2 is 1.81 bits per heavy atom. The minimum atomic E-state index is 0.000106. The number of hydrogen-bond acceptors (Lipinski definition) is 5. The van der Waals surface area contributed by atoms with E-state index in [1.165, 1.54) is 0 Å². The first-order valence-electron chi connectivity index (χ1n) is 6.90. The molecule has 0 spiro atoms. The Kier molecular flexibility index (Phi) is 3.47. The molecule has 0 saturated heterocycles. The molecule has 2 heterocycles. The number of fused-ring (bicyclic) bond motifs is 1. The van der Waals surface area contributed by atoms with E-state index in [1.54, 1.807) is 23.7 Å². The number of aromatic nitrogens is 3. The van der Waals surface area contributed by atoms with Gasteiger partial charge in [-0.1, -0.05) is 20.8 Å². The summed E-state index contributed by atoms with van der Waals surface area (Å²) in [6, 6.07) is 6.06. The topological polar surface area (TPSA) is 64.7 Å². The molecule has 0 bridgehead atoms. The van der Waals surface area contributed by atoms with Crippen LogP contribution in [0.15, 0.2) is 30.6 Å². The van der Waals surface area contributed by atoms with Gasteiger partial charge in [0, 0.05) is 34.8 Å². The normalized spacial score (nSPS) is 12.0. The molecule has 0 aliphatic heterocycles. The van der Waals surface area contributed by atoms with Crippen LogP contribution in [0.5, 0.6) is 0 Å². The molecule has 0 fully saturated rings. The van der Waals surface area contributed by atoms with Crippen LogP contribution in [-0.2, 0) is 12.0 Å². The fourth-order valence-corrected chi connectivity index (χ4v) is 3.44. The maximum atomic E-state index is 5.88. The Bertz CT molecular complexity index is 786. The van der Waals surface area contributed by atoms with Crippen molar-refractivity contribution in [3.8, 4) is 10.6 Å². The van der Waals surface area contributed by atoms with Gasteiger partial charge in [0.2, 0.25) is 0 Å². The van der Waals surface area contributed by atoms with Crippen molar-refractivity contribution in [2.45, 2.75) is 32.7 Å². The molecule has 0 saturated carbocycles. The SMILES string of the molecule is CC(C)(C)c1nc(-c2ccc3nccnc3c2)sc1CN. The average molecular weight is 298 g/mol. The summed E-state index contributed by atoms with van der Waals surface area (Å²) in [5, 5.41) is 0.993. The third-order valence-electron chi connectivity index (χ3n) is 3.31. The van der Waals surface area contributed by atoms with Crippen molar-refractivity contribution in [3.63, 3.8) is 0 Å². The number of benzene rings is 1. The lowest BCUT2D eigenvalue weighted by Gasteiger charge is -2.16. The van der Waals surface area contributed by atoms with Crippen LogP contribution in [0.3, 0.4) is 0 Å². The summed E-state index contributed by atoms with van der Waals surface area (Å²) >= 11 is 1.66. The molecule has 2 N–H and O–H groups in total. The quantitative estimate of drug-likeness (QED) is 0.786. The van der Waals surface area contributed by atoms with Crippen molar-refractivity contribution in [1.82, 2.24) is 15.0 Å². The fourth-order valence-electron chi connectivity index (χ4n) is 2.30. The van der Waals surface area contributed by atoms with Gasteiger partial charge in [-0.25, -0.2) is 4.98 Å². The molecule has 3 aromatic rings. The average Bonchev–Trinajstić information content (AvgIpc) is 2.91. The molecule has 4 nitrogen and oxygen atoms in total. The zero-order valence-electron chi connectivity index (χ0n) is 12.4.